The third kappa shape index (κ3) is 5.59. The predicted octanol–water partition coefficient (Wildman–Crippen LogP) is 4.27. The fraction of sp³-hybridized carbons (Fsp3) is 0.625. The molecule has 0 amide bonds. The minimum atomic E-state index is 0.587. The first-order valence-electron chi connectivity index (χ1n) is 7.19. The highest BCUT2D eigenvalue weighted by molar-refractivity contribution is 6.32. The topological polar surface area (TPSA) is 30.5 Å². The van der Waals surface area contributed by atoms with Crippen molar-refractivity contribution in [3.05, 3.63) is 22.7 Å². The maximum Gasteiger partial charge on any atom is 0.179 e. The first kappa shape index (κ1) is 17.1. The summed E-state index contributed by atoms with van der Waals surface area (Å²) in [6, 6.07) is 3.88. The van der Waals surface area contributed by atoms with Crippen LogP contribution in [0, 0.1) is 5.92 Å². The van der Waals surface area contributed by atoms with Gasteiger partial charge in [-0.05, 0) is 36.6 Å². The number of benzene rings is 1. The number of nitrogens with one attached hydrogen (secondary N) is 1. The summed E-state index contributed by atoms with van der Waals surface area (Å²) in [5.41, 5.74) is 1.11. The highest BCUT2D eigenvalue weighted by atomic mass is 35.5. The van der Waals surface area contributed by atoms with Crippen molar-refractivity contribution in [1.29, 1.82) is 0 Å². The number of ether oxygens (including phenoxy) is 2. The minimum absolute atomic E-state index is 0.587. The molecule has 1 N–H and O–H groups in total. The molecule has 0 saturated carbocycles. The molecule has 1 rings (SSSR count). The van der Waals surface area contributed by atoms with Gasteiger partial charge >= 0.3 is 0 Å². The van der Waals surface area contributed by atoms with Crippen LogP contribution in [-0.4, -0.2) is 20.8 Å². The third-order valence-corrected chi connectivity index (χ3v) is 3.49. The van der Waals surface area contributed by atoms with Gasteiger partial charge in [0, 0.05) is 6.54 Å². The number of hydrogen-bond acceptors (Lipinski definition) is 3. The molecule has 20 heavy (non-hydrogen) atoms. The van der Waals surface area contributed by atoms with Crippen LogP contribution < -0.4 is 14.8 Å². The van der Waals surface area contributed by atoms with E-state index in [4.69, 9.17) is 21.1 Å². The van der Waals surface area contributed by atoms with Crippen LogP contribution in [0.1, 0.15) is 38.7 Å². The van der Waals surface area contributed by atoms with Crippen LogP contribution in [0.25, 0.3) is 0 Å². The maximum absolute atomic E-state index is 6.18. The van der Waals surface area contributed by atoms with Crippen LogP contribution in [0.5, 0.6) is 11.5 Å². The lowest BCUT2D eigenvalue weighted by Gasteiger charge is -2.12. The number of unbranched alkanes of at least 4 members (excludes halogenated alkanes) is 1. The third-order valence-electron chi connectivity index (χ3n) is 3.21. The molecule has 114 valence electrons. The van der Waals surface area contributed by atoms with E-state index in [9.17, 15) is 0 Å². The van der Waals surface area contributed by atoms with Crippen molar-refractivity contribution in [3.63, 3.8) is 0 Å². The van der Waals surface area contributed by atoms with E-state index in [1.165, 1.54) is 19.3 Å². The van der Waals surface area contributed by atoms with Crippen LogP contribution in [0.4, 0.5) is 0 Å². The van der Waals surface area contributed by atoms with E-state index in [1.807, 2.05) is 12.1 Å². The monoisotopic (exact) mass is 299 g/mol. The van der Waals surface area contributed by atoms with Crippen molar-refractivity contribution in [2.45, 2.75) is 39.7 Å². The van der Waals surface area contributed by atoms with Gasteiger partial charge in [0.05, 0.1) is 19.2 Å². The molecule has 0 saturated heterocycles. The summed E-state index contributed by atoms with van der Waals surface area (Å²) < 4.78 is 10.5. The molecule has 0 aliphatic carbocycles. The quantitative estimate of drug-likeness (QED) is 0.691. The zero-order valence-electron chi connectivity index (χ0n) is 13.0. The molecule has 0 unspecified atom stereocenters. The SMILES string of the molecule is COc1cc(CNCCCCC(C)C)cc(Cl)c1OC. The molecule has 0 aromatic heterocycles. The van der Waals surface area contributed by atoms with Crippen LogP contribution >= 0.6 is 11.6 Å². The Kier molecular flexibility index (Phi) is 7.78. The molecule has 3 nitrogen and oxygen atoms in total. The Labute approximate surface area is 127 Å². The lowest BCUT2D eigenvalue weighted by Crippen LogP contribution is -2.15. The summed E-state index contributed by atoms with van der Waals surface area (Å²) in [5, 5.41) is 4.02. The lowest BCUT2D eigenvalue weighted by atomic mass is 10.1. The molecule has 0 bridgehead atoms. The standard InChI is InChI=1S/C16H26ClNO2/c1-12(2)7-5-6-8-18-11-13-9-14(17)16(20-4)15(10-13)19-3/h9-10,12,18H,5-8,11H2,1-4H3. The molecule has 0 fully saturated rings. The van der Waals surface area contributed by atoms with E-state index in [1.54, 1.807) is 14.2 Å². The van der Waals surface area contributed by atoms with Gasteiger partial charge < -0.3 is 14.8 Å². The van der Waals surface area contributed by atoms with E-state index in [-0.39, 0.29) is 0 Å². The second kappa shape index (κ2) is 9.09. The van der Waals surface area contributed by atoms with Gasteiger partial charge in [-0.1, -0.05) is 38.3 Å². The van der Waals surface area contributed by atoms with Gasteiger partial charge in [-0.25, -0.2) is 0 Å². The first-order chi connectivity index (χ1) is 9.58. The largest absolute Gasteiger partial charge is 0.493 e. The van der Waals surface area contributed by atoms with Gasteiger partial charge in [-0.3, -0.25) is 0 Å². The van der Waals surface area contributed by atoms with E-state index in [0.717, 1.165) is 24.6 Å². The normalized spacial score (nSPS) is 10.9. The molecule has 4 heteroatoms. The maximum atomic E-state index is 6.18. The van der Waals surface area contributed by atoms with Gasteiger partial charge in [0.2, 0.25) is 0 Å². The Morgan fingerprint density at radius 1 is 1.15 bits per heavy atom. The fourth-order valence-corrected chi connectivity index (χ4v) is 2.42. The molecular weight excluding hydrogens is 274 g/mol. The molecule has 0 radical (unpaired) electrons. The van der Waals surface area contributed by atoms with Gasteiger partial charge in [-0.15, -0.1) is 0 Å². The van der Waals surface area contributed by atoms with Crippen molar-refractivity contribution in [2.24, 2.45) is 5.92 Å². The van der Waals surface area contributed by atoms with Crippen LogP contribution in [0.15, 0.2) is 12.1 Å². The zero-order valence-corrected chi connectivity index (χ0v) is 13.7. The lowest BCUT2D eigenvalue weighted by molar-refractivity contribution is 0.354. The van der Waals surface area contributed by atoms with Crippen molar-refractivity contribution in [2.75, 3.05) is 20.8 Å². The molecule has 0 atom stereocenters. The van der Waals surface area contributed by atoms with Crippen molar-refractivity contribution < 1.29 is 9.47 Å². The Hall–Kier alpha value is -0.930. The fourth-order valence-electron chi connectivity index (χ4n) is 2.11. The van der Waals surface area contributed by atoms with Crippen molar-refractivity contribution in [3.8, 4) is 11.5 Å². The average molecular weight is 300 g/mol. The molecule has 1 aromatic rings. The molecule has 0 aliphatic heterocycles. The van der Waals surface area contributed by atoms with Gasteiger partial charge in [0.1, 0.15) is 0 Å². The highest BCUT2D eigenvalue weighted by Crippen LogP contribution is 2.35. The number of rotatable bonds is 9. The van der Waals surface area contributed by atoms with Crippen LogP contribution in [0.2, 0.25) is 5.02 Å². The van der Waals surface area contributed by atoms with Crippen LogP contribution in [0.3, 0.4) is 0 Å². The van der Waals surface area contributed by atoms with Gasteiger partial charge in [0.25, 0.3) is 0 Å². The number of methoxy groups -OCH3 is 2. The highest BCUT2D eigenvalue weighted by Gasteiger charge is 2.10. The van der Waals surface area contributed by atoms with Gasteiger partial charge in [-0.2, -0.15) is 0 Å². The van der Waals surface area contributed by atoms with E-state index in [0.29, 0.717) is 16.5 Å². The zero-order chi connectivity index (χ0) is 15.0. The van der Waals surface area contributed by atoms with Crippen molar-refractivity contribution >= 4 is 11.6 Å². The Morgan fingerprint density at radius 2 is 1.90 bits per heavy atom. The summed E-state index contributed by atoms with van der Waals surface area (Å²) in [4.78, 5) is 0. The second-order valence-corrected chi connectivity index (χ2v) is 5.79. The second-order valence-electron chi connectivity index (χ2n) is 5.38. The smallest absolute Gasteiger partial charge is 0.179 e. The Morgan fingerprint density at radius 3 is 2.50 bits per heavy atom. The average Bonchev–Trinajstić information content (AvgIpc) is 2.41. The first-order valence-corrected chi connectivity index (χ1v) is 7.57. The molecule has 0 spiro atoms. The van der Waals surface area contributed by atoms with E-state index in [2.05, 4.69) is 19.2 Å². The number of halogens is 1. The summed E-state index contributed by atoms with van der Waals surface area (Å²) in [6.45, 7) is 6.35. The Bertz CT molecular complexity index is 408. The molecule has 0 heterocycles. The Balaban J connectivity index is 2.42. The predicted molar refractivity (Wildman–Crippen MR) is 85.0 cm³/mol. The van der Waals surface area contributed by atoms with Gasteiger partial charge in [0.15, 0.2) is 11.5 Å². The van der Waals surface area contributed by atoms with E-state index >= 15 is 0 Å². The summed E-state index contributed by atoms with van der Waals surface area (Å²) in [5.74, 6) is 2.06. The molecule has 1 aromatic carbocycles. The van der Waals surface area contributed by atoms with Crippen LogP contribution in [-0.2, 0) is 6.54 Å². The van der Waals surface area contributed by atoms with Crippen molar-refractivity contribution in [1.82, 2.24) is 5.32 Å². The number of hydrogen-bond donors (Lipinski definition) is 1. The summed E-state index contributed by atoms with van der Waals surface area (Å²) >= 11 is 6.18. The van der Waals surface area contributed by atoms with E-state index < -0.39 is 0 Å². The summed E-state index contributed by atoms with van der Waals surface area (Å²) in [7, 11) is 3.22. The molecular formula is C16H26ClNO2. The molecule has 0 aliphatic rings. The summed E-state index contributed by atoms with van der Waals surface area (Å²) in [6.07, 6.45) is 3.78. The minimum Gasteiger partial charge on any atom is -0.493 e.